The number of hydrogen-bond donors (Lipinski definition) is 0. The van der Waals surface area contributed by atoms with E-state index in [-0.39, 0.29) is 0 Å². The van der Waals surface area contributed by atoms with E-state index in [0.29, 0.717) is 0 Å². The summed E-state index contributed by atoms with van der Waals surface area (Å²) in [5.74, 6) is 0.943. The Kier molecular flexibility index (Phi) is 3.30. The van der Waals surface area contributed by atoms with Crippen LogP contribution in [0.25, 0.3) is 59.9 Å². The van der Waals surface area contributed by atoms with Gasteiger partial charge in [0.1, 0.15) is 5.82 Å². The number of fused-ring (bicyclic) bond motifs is 9. The lowest BCUT2D eigenvalue weighted by atomic mass is 9.96. The fourth-order valence-electron chi connectivity index (χ4n) is 5.09. The molecular weight excluding hydrogens is 376 g/mol. The predicted octanol–water partition coefficient (Wildman–Crippen LogP) is 7.64. The molecule has 2 nitrogen and oxygen atoms in total. The minimum Gasteiger partial charge on any atom is -0.293 e. The summed E-state index contributed by atoms with van der Waals surface area (Å²) in [5.41, 5.74) is 2.41. The van der Waals surface area contributed by atoms with Gasteiger partial charge in [-0.15, -0.1) is 0 Å². The fourth-order valence-corrected chi connectivity index (χ4v) is 5.09. The Labute approximate surface area is 179 Å². The molecule has 0 atom stereocenters. The molecule has 5 aromatic carbocycles. The lowest BCUT2D eigenvalue weighted by Gasteiger charge is -2.11. The van der Waals surface area contributed by atoms with E-state index in [4.69, 9.17) is 4.98 Å². The van der Waals surface area contributed by atoms with Gasteiger partial charge in [-0.25, -0.2) is 4.98 Å². The predicted molar refractivity (Wildman–Crippen MR) is 131 cm³/mol. The van der Waals surface area contributed by atoms with Gasteiger partial charge < -0.3 is 0 Å². The van der Waals surface area contributed by atoms with E-state index < -0.39 is 0 Å². The molecule has 0 fully saturated rings. The number of nitrogens with zero attached hydrogens (tertiary/aromatic N) is 2. The van der Waals surface area contributed by atoms with Gasteiger partial charge in [-0.3, -0.25) is 4.57 Å². The molecule has 0 unspecified atom stereocenters. The molecule has 2 aromatic heterocycles. The van der Waals surface area contributed by atoms with Crippen molar-refractivity contribution in [2.75, 3.05) is 0 Å². The van der Waals surface area contributed by atoms with Gasteiger partial charge in [-0.05, 0) is 51.2 Å². The van der Waals surface area contributed by atoms with Crippen molar-refractivity contribution in [2.24, 2.45) is 0 Å². The summed E-state index contributed by atoms with van der Waals surface area (Å²) in [6, 6.07) is 36.9. The van der Waals surface area contributed by atoms with Crippen LogP contribution in [0, 0.1) is 0 Å². The van der Waals surface area contributed by atoms with Gasteiger partial charge in [-0.1, -0.05) is 78.9 Å². The van der Waals surface area contributed by atoms with Crippen LogP contribution in [0.15, 0.2) is 109 Å². The second kappa shape index (κ2) is 6.16. The van der Waals surface area contributed by atoms with Crippen molar-refractivity contribution < 1.29 is 0 Å². The van der Waals surface area contributed by atoms with Crippen molar-refractivity contribution in [3.63, 3.8) is 0 Å². The zero-order chi connectivity index (χ0) is 20.4. The van der Waals surface area contributed by atoms with Crippen molar-refractivity contribution >= 4 is 54.1 Å². The number of hydrogen-bond acceptors (Lipinski definition) is 1. The fraction of sp³-hybridized carbons (Fsp3) is 0. The second-order valence-corrected chi connectivity index (χ2v) is 8.05. The molecule has 2 heteroatoms. The average Bonchev–Trinajstić information content (AvgIpc) is 3.18. The SMILES string of the molecule is c1ccc(-n2c3cc4ccccc4cc3c3c4ccccc4c4ccccc4c32)nc1. The summed E-state index contributed by atoms with van der Waals surface area (Å²) < 4.78 is 2.34. The first kappa shape index (κ1) is 16.6. The minimum atomic E-state index is 0.943. The first-order chi connectivity index (χ1) is 15.4. The molecule has 0 saturated carbocycles. The van der Waals surface area contributed by atoms with Crippen molar-refractivity contribution in [2.45, 2.75) is 0 Å². The van der Waals surface area contributed by atoms with Crippen molar-refractivity contribution in [1.82, 2.24) is 9.55 Å². The molecule has 0 saturated heterocycles. The molecule has 0 amide bonds. The molecule has 31 heavy (non-hydrogen) atoms. The van der Waals surface area contributed by atoms with Crippen molar-refractivity contribution in [3.05, 3.63) is 109 Å². The highest BCUT2D eigenvalue weighted by Crippen LogP contribution is 2.42. The summed E-state index contributed by atoms with van der Waals surface area (Å²) in [7, 11) is 0. The van der Waals surface area contributed by atoms with E-state index in [1.807, 2.05) is 12.3 Å². The molecule has 0 radical (unpaired) electrons. The van der Waals surface area contributed by atoms with Crippen LogP contribution in [0.1, 0.15) is 0 Å². The molecule has 144 valence electrons. The number of pyridine rings is 1. The average molecular weight is 394 g/mol. The third-order valence-corrected chi connectivity index (χ3v) is 6.38. The van der Waals surface area contributed by atoms with Crippen LogP contribution in [0.3, 0.4) is 0 Å². The molecule has 2 heterocycles. The van der Waals surface area contributed by atoms with Crippen LogP contribution in [-0.4, -0.2) is 9.55 Å². The molecule has 7 aromatic rings. The van der Waals surface area contributed by atoms with E-state index in [2.05, 4.69) is 102 Å². The highest BCUT2D eigenvalue weighted by molar-refractivity contribution is 6.32. The maximum atomic E-state index is 4.75. The molecular formula is C29H18N2. The van der Waals surface area contributed by atoms with E-state index in [9.17, 15) is 0 Å². The van der Waals surface area contributed by atoms with E-state index in [0.717, 1.165) is 5.82 Å². The minimum absolute atomic E-state index is 0.943. The van der Waals surface area contributed by atoms with Crippen molar-refractivity contribution in [3.8, 4) is 5.82 Å². The van der Waals surface area contributed by atoms with Crippen molar-refractivity contribution in [1.29, 1.82) is 0 Å². The molecule has 0 aliphatic rings. The molecule has 0 aliphatic heterocycles. The third kappa shape index (κ3) is 2.25. The van der Waals surface area contributed by atoms with Crippen LogP contribution in [-0.2, 0) is 0 Å². The first-order valence-corrected chi connectivity index (χ1v) is 10.6. The monoisotopic (exact) mass is 394 g/mol. The molecule has 0 aliphatic carbocycles. The highest BCUT2D eigenvalue weighted by Gasteiger charge is 2.19. The topological polar surface area (TPSA) is 17.8 Å². The smallest absolute Gasteiger partial charge is 0.137 e. The van der Waals surface area contributed by atoms with Crippen LogP contribution in [0.2, 0.25) is 0 Å². The van der Waals surface area contributed by atoms with Gasteiger partial charge in [0.05, 0.1) is 11.0 Å². The molecule has 7 rings (SSSR count). The lowest BCUT2D eigenvalue weighted by molar-refractivity contribution is 1.08. The largest absolute Gasteiger partial charge is 0.293 e. The third-order valence-electron chi connectivity index (χ3n) is 6.38. The maximum absolute atomic E-state index is 4.75. The normalized spacial score (nSPS) is 11.9. The Morgan fingerprint density at radius 2 is 1.13 bits per heavy atom. The van der Waals surface area contributed by atoms with E-state index in [1.54, 1.807) is 0 Å². The van der Waals surface area contributed by atoms with Gasteiger partial charge in [0.25, 0.3) is 0 Å². The molecule has 0 N–H and O–H groups in total. The Morgan fingerprint density at radius 1 is 0.516 bits per heavy atom. The number of aromatic nitrogens is 2. The van der Waals surface area contributed by atoms with E-state index >= 15 is 0 Å². The van der Waals surface area contributed by atoms with Gasteiger partial charge in [0, 0.05) is 22.4 Å². The van der Waals surface area contributed by atoms with Crippen LogP contribution < -0.4 is 0 Å². The Bertz CT molecular complexity index is 1780. The quantitative estimate of drug-likeness (QED) is 0.262. The number of rotatable bonds is 1. The zero-order valence-corrected chi connectivity index (χ0v) is 16.8. The Hall–Kier alpha value is -4.17. The van der Waals surface area contributed by atoms with Gasteiger partial charge in [0.2, 0.25) is 0 Å². The Morgan fingerprint density at radius 3 is 1.87 bits per heavy atom. The van der Waals surface area contributed by atoms with Crippen LogP contribution in [0.5, 0.6) is 0 Å². The van der Waals surface area contributed by atoms with Gasteiger partial charge in [0.15, 0.2) is 0 Å². The van der Waals surface area contributed by atoms with Crippen LogP contribution >= 0.6 is 0 Å². The first-order valence-electron chi connectivity index (χ1n) is 10.6. The lowest BCUT2D eigenvalue weighted by Crippen LogP contribution is -1.97. The highest BCUT2D eigenvalue weighted by atomic mass is 15.1. The van der Waals surface area contributed by atoms with Crippen LogP contribution in [0.4, 0.5) is 0 Å². The summed E-state index contributed by atoms with van der Waals surface area (Å²) in [5, 5.41) is 10.2. The number of benzene rings is 5. The second-order valence-electron chi connectivity index (χ2n) is 8.05. The summed E-state index contributed by atoms with van der Waals surface area (Å²) in [6.45, 7) is 0. The Balaban J connectivity index is 1.87. The van der Waals surface area contributed by atoms with E-state index in [1.165, 1.54) is 54.1 Å². The molecule has 0 bridgehead atoms. The van der Waals surface area contributed by atoms with Gasteiger partial charge >= 0.3 is 0 Å². The summed E-state index contributed by atoms with van der Waals surface area (Å²) in [4.78, 5) is 4.75. The summed E-state index contributed by atoms with van der Waals surface area (Å²) >= 11 is 0. The molecule has 0 spiro atoms. The summed E-state index contributed by atoms with van der Waals surface area (Å²) in [6.07, 6.45) is 1.87. The standard InChI is InChI=1S/C29H18N2/c1-2-10-20-18-26-25(17-19(20)9-1)28-23-13-5-3-11-21(23)22-12-4-6-14-24(22)29(28)31(26)27-15-7-8-16-30-27/h1-18H. The maximum Gasteiger partial charge on any atom is 0.137 e. The van der Waals surface area contributed by atoms with Gasteiger partial charge in [-0.2, -0.15) is 0 Å². The zero-order valence-electron chi connectivity index (χ0n) is 16.8.